The summed E-state index contributed by atoms with van der Waals surface area (Å²) in [5.41, 5.74) is 2.75. The highest BCUT2D eigenvalue weighted by Crippen LogP contribution is 2.19. The predicted octanol–water partition coefficient (Wildman–Crippen LogP) is 3.08. The number of amides is 1. The Bertz CT molecular complexity index is 858. The lowest BCUT2D eigenvalue weighted by molar-refractivity contribution is 0.0935. The smallest absolute Gasteiger partial charge is 0.251 e. The number of hydrogen-bond acceptors (Lipinski definition) is 3. The van der Waals surface area contributed by atoms with Crippen LogP contribution in [-0.2, 0) is 6.61 Å². The van der Waals surface area contributed by atoms with E-state index in [9.17, 15) is 9.18 Å². The van der Waals surface area contributed by atoms with Gasteiger partial charge in [0.25, 0.3) is 5.91 Å². The number of imidazole rings is 1. The quantitative estimate of drug-likeness (QED) is 0.674. The van der Waals surface area contributed by atoms with Gasteiger partial charge in [-0.2, -0.15) is 0 Å². The first-order valence-corrected chi connectivity index (χ1v) is 7.76. The van der Waals surface area contributed by atoms with Crippen LogP contribution in [0.3, 0.4) is 0 Å². The SMILES string of the molecule is CCC(NC(=O)c1ccc2nc(CO)[nH]c2c1)c1ccc(F)cc1. The highest BCUT2D eigenvalue weighted by atomic mass is 19.1. The van der Waals surface area contributed by atoms with Crippen LogP contribution in [-0.4, -0.2) is 21.0 Å². The Balaban J connectivity index is 1.81. The molecule has 0 saturated carbocycles. The van der Waals surface area contributed by atoms with Crippen molar-refractivity contribution in [1.29, 1.82) is 0 Å². The van der Waals surface area contributed by atoms with Crippen molar-refractivity contribution in [3.8, 4) is 0 Å². The molecule has 0 aliphatic carbocycles. The molecule has 6 heteroatoms. The van der Waals surface area contributed by atoms with Crippen LogP contribution < -0.4 is 5.32 Å². The Morgan fingerprint density at radius 2 is 2.04 bits per heavy atom. The molecule has 1 heterocycles. The molecule has 3 aromatic rings. The summed E-state index contributed by atoms with van der Waals surface area (Å²) in [5.74, 6) is -0.0576. The summed E-state index contributed by atoms with van der Waals surface area (Å²) in [6, 6.07) is 11.1. The minimum absolute atomic E-state index is 0.182. The number of hydrogen-bond donors (Lipinski definition) is 3. The molecule has 124 valence electrons. The number of halogens is 1. The molecule has 1 amide bonds. The van der Waals surface area contributed by atoms with E-state index in [0.717, 1.165) is 5.56 Å². The van der Waals surface area contributed by atoms with Crippen molar-refractivity contribution in [3.63, 3.8) is 0 Å². The highest BCUT2D eigenvalue weighted by molar-refractivity contribution is 5.97. The largest absolute Gasteiger partial charge is 0.388 e. The van der Waals surface area contributed by atoms with Gasteiger partial charge in [0.1, 0.15) is 18.2 Å². The van der Waals surface area contributed by atoms with Gasteiger partial charge in [-0.25, -0.2) is 9.37 Å². The first kappa shape index (κ1) is 16.1. The molecule has 0 saturated heterocycles. The predicted molar refractivity (Wildman–Crippen MR) is 88.9 cm³/mol. The van der Waals surface area contributed by atoms with Crippen molar-refractivity contribution in [2.24, 2.45) is 0 Å². The minimum atomic E-state index is -0.302. The zero-order valence-corrected chi connectivity index (χ0v) is 13.2. The molecule has 1 aromatic heterocycles. The Labute approximate surface area is 138 Å². The van der Waals surface area contributed by atoms with Crippen LogP contribution in [0.2, 0.25) is 0 Å². The van der Waals surface area contributed by atoms with Crippen LogP contribution in [0, 0.1) is 5.82 Å². The van der Waals surface area contributed by atoms with Crippen LogP contribution in [0.1, 0.15) is 41.1 Å². The van der Waals surface area contributed by atoms with E-state index in [1.165, 1.54) is 12.1 Å². The van der Waals surface area contributed by atoms with Crippen molar-refractivity contribution in [3.05, 3.63) is 65.2 Å². The maximum atomic E-state index is 13.0. The summed E-state index contributed by atoms with van der Waals surface area (Å²) in [6.45, 7) is 1.78. The van der Waals surface area contributed by atoms with Crippen LogP contribution in [0.15, 0.2) is 42.5 Å². The molecule has 2 aromatic carbocycles. The first-order chi connectivity index (χ1) is 11.6. The normalized spacial score (nSPS) is 12.3. The lowest BCUT2D eigenvalue weighted by Crippen LogP contribution is -2.28. The Hall–Kier alpha value is -2.73. The second kappa shape index (κ2) is 6.80. The van der Waals surface area contributed by atoms with Crippen LogP contribution >= 0.6 is 0 Å². The summed E-state index contributed by atoms with van der Waals surface area (Å²) in [7, 11) is 0. The molecular formula is C18H18FN3O2. The lowest BCUT2D eigenvalue weighted by Gasteiger charge is -2.17. The van der Waals surface area contributed by atoms with Crippen molar-refractivity contribution < 1.29 is 14.3 Å². The van der Waals surface area contributed by atoms with Crippen molar-refractivity contribution in [2.75, 3.05) is 0 Å². The fraction of sp³-hybridized carbons (Fsp3) is 0.222. The number of fused-ring (bicyclic) bond motifs is 1. The standard InChI is InChI=1S/C18H18FN3O2/c1-2-14(11-3-6-13(19)7-4-11)22-18(24)12-5-8-15-16(9-12)21-17(10-23)20-15/h3-9,14,23H,2,10H2,1H3,(H,20,21)(H,22,24). The van der Waals surface area contributed by atoms with E-state index < -0.39 is 0 Å². The van der Waals surface area contributed by atoms with Crippen LogP contribution in [0.5, 0.6) is 0 Å². The van der Waals surface area contributed by atoms with Gasteiger partial charge in [-0.15, -0.1) is 0 Å². The summed E-state index contributed by atoms with van der Waals surface area (Å²) < 4.78 is 13.0. The monoisotopic (exact) mass is 327 g/mol. The van der Waals surface area contributed by atoms with E-state index in [1.54, 1.807) is 30.3 Å². The molecule has 3 rings (SSSR count). The topological polar surface area (TPSA) is 78.0 Å². The van der Waals surface area contributed by atoms with Gasteiger partial charge in [0.05, 0.1) is 17.1 Å². The summed E-state index contributed by atoms with van der Waals surface area (Å²) in [4.78, 5) is 19.7. The molecule has 1 unspecified atom stereocenters. The molecule has 3 N–H and O–H groups in total. The van der Waals surface area contributed by atoms with Gasteiger partial charge in [-0.3, -0.25) is 4.79 Å². The third-order valence-electron chi connectivity index (χ3n) is 3.93. The summed E-state index contributed by atoms with van der Waals surface area (Å²) >= 11 is 0. The van der Waals surface area contributed by atoms with Gasteiger partial charge < -0.3 is 15.4 Å². The van der Waals surface area contributed by atoms with E-state index in [-0.39, 0.29) is 24.4 Å². The first-order valence-electron chi connectivity index (χ1n) is 7.76. The molecular weight excluding hydrogens is 309 g/mol. The zero-order chi connectivity index (χ0) is 17.1. The highest BCUT2D eigenvalue weighted by Gasteiger charge is 2.15. The molecule has 0 fully saturated rings. The Kier molecular flexibility index (Phi) is 4.57. The number of aliphatic hydroxyl groups is 1. The minimum Gasteiger partial charge on any atom is -0.388 e. The van der Waals surface area contributed by atoms with Gasteiger partial charge in [0.15, 0.2) is 0 Å². The second-order valence-corrected chi connectivity index (χ2v) is 5.56. The van der Waals surface area contributed by atoms with Gasteiger partial charge in [0, 0.05) is 5.56 Å². The van der Waals surface area contributed by atoms with Crippen LogP contribution in [0.4, 0.5) is 4.39 Å². The number of carbonyl (C=O) groups is 1. The molecule has 0 aliphatic heterocycles. The van der Waals surface area contributed by atoms with Gasteiger partial charge in [-0.05, 0) is 42.3 Å². The fourth-order valence-corrected chi connectivity index (χ4v) is 2.64. The number of carbonyl (C=O) groups excluding carboxylic acids is 1. The van der Waals surface area contributed by atoms with Crippen molar-refractivity contribution in [1.82, 2.24) is 15.3 Å². The average Bonchev–Trinajstić information content (AvgIpc) is 3.02. The third-order valence-corrected chi connectivity index (χ3v) is 3.93. The molecule has 5 nitrogen and oxygen atoms in total. The van der Waals surface area contributed by atoms with Gasteiger partial charge in [-0.1, -0.05) is 19.1 Å². The summed E-state index contributed by atoms with van der Waals surface area (Å²) in [5, 5.41) is 12.1. The lowest BCUT2D eigenvalue weighted by atomic mass is 10.0. The number of benzene rings is 2. The molecule has 1 atom stereocenters. The second-order valence-electron chi connectivity index (χ2n) is 5.56. The van der Waals surface area contributed by atoms with Crippen molar-refractivity contribution >= 4 is 16.9 Å². The van der Waals surface area contributed by atoms with E-state index in [1.807, 2.05) is 6.92 Å². The number of aliphatic hydroxyl groups excluding tert-OH is 1. The maximum absolute atomic E-state index is 13.0. The number of nitrogens with one attached hydrogen (secondary N) is 2. The maximum Gasteiger partial charge on any atom is 0.251 e. The van der Waals surface area contributed by atoms with Crippen LogP contribution in [0.25, 0.3) is 11.0 Å². The summed E-state index contributed by atoms with van der Waals surface area (Å²) in [6.07, 6.45) is 0.693. The molecule has 0 spiro atoms. The van der Waals surface area contributed by atoms with Crippen molar-refractivity contribution in [2.45, 2.75) is 26.0 Å². The molecule has 24 heavy (non-hydrogen) atoms. The Morgan fingerprint density at radius 3 is 2.71 bits per heavy atom. The Morgan fingerprint density at radius 1 is 1.29 bits per heavy atom. The zero-order valence-electron chi connectivity index (χ0n) is 13.2. The number of rotatable bonds is 5. The molecule has 0 radical (unpaired) electrons. The van der Waals surface area contributed by atoms with E-state index in [0.29, 0.717) is 28.8 Å². The van der Waals surface area contributed by atoms with E-state index in [4.69, 9.17) is 5.11 Å². The number of aromatic amines is 1. The average molecular weight is 327 g/mol. The number of aromatic nitrogens is 2. The fourth-order valence-electron chi connectivity index (χ4n) is 2.64. The van der Waals surface area contributed by atoms with Gasteiger partial charge in [0.2, 0.25) is 0 Å². The molecule has 0 aliphatic rings. The third kappa shape index (κ3) is 3.28. The number of H-pyrrole nitrogens is 1. The molecule has 0 bridgehead atoms. The van der Waals surface area contributed by atoms with E-state index >= 15 is 0 Å². The van der Waals surface area contributed by atoms with Gasteiger partial charge >= 0.3 is 0 Å². The van der Waals surface area contributed by atoms with E-state index in [2.05, 4.69) is 15.3 Å². The number of nitrogens with zero attached hydrogens (tertiary/aromatic N) is 1.